The van der Waals surface area contributed by atoms with Crippen molar-refractivity contribution in [2.24, 2.45) is 9.98 Å². The lowest BCUT2D eigenvalue weighted by molar-refractivity contribution is 0.746. The molecule has 3 heterocycles. The van der Waals surface area contributed by atoms with Crippen LogP contribution >= 0.6 is 24.0 Å². The molecule has 8 aromatic rings. The minimum Gasteiger partial charge on any atom is -0.324 e. The second-order valence-electron chi connectivity index (χ2n) is 13.4. The predicted molar refractivity (Wildman–Crippen MR) is 219 cm³/mol. The summed E-state index contributed by atoms with van der Waals surface area (Å²) < 4.78 is 2.49. The molecule has 2 unspecified atom stereocenters. The number of nitrogens with zero attached hydrogens (tertiary/aromatic N) is 3. The Morgan fingerprint density at radius 1 is 0.490 bits per heavy atom. The van der Waals surface area contributed by atoms with E-state index in [1.807, 2.05) is 12.1 Å². The summed E-state index contributed by atoms with van der Waals surface area (Å²) in [5.41, 5.74) is 14.1. The molecule has 51 heavy (non-hydrogen) atoms. The van der Waals surface area contributed by atoms with E-state index in [4.69, 9.17) is 9.98 Å². The van der Waals surface area contributed by atoms with Crippen molar-refractivity contribution in [1.29, 1.82) is 0 Å². The molecule has 2 atom stereocenters. The second kappa shape index (κ2) is 11.4. The molecule has 1 spiro atoms. The van der Waals surface area contributed by atoms with Crippen LogP contribution in [-0.4, -0.2) is 16.2 Å². The lowest BCUT2D eigenvalue weighted by Gasteiger charge is -2.39. The summed E-state index contributed by atoms with van der Waals surface area (Å²) in [6, 6.07) is 61.3. The molecule has 1 N–H and O–H groups in total. The van der Waals surface area contributed by atoms with Crippen molar-refractivity contribution >= 4 is 57.5 Å². The molecule has 0 radical (unpaired) electrons. The molecule has 242 valence electrons. The third-order valence-electron chi connectivity index (χ3n) is 10.9. The first-order valence-corrected chi connectivity index (χ1v) is 17.2. The van der Waals surface area contributed by atoms with Gasteiger partial charge in [0.1, 0.15) is 11.7 Å². The van der Waals surface area contributed by atoms with Crippen molar-refractivity contribution in [3.05, 3.63) is 209 Å². The zero-order chi connectivity index (χ0) is 32.8. The minimum absolute atomic E-state index is 0. The van der Waals surface area contributed by atoms with Crippen molar-refractivity contribution in [3.63, 3.8) is 0 Å². The van der Waals surface area contributed by atoms with Crippen molar-refractivity contribution in [2.75, 3.05) is 0 Å². The fraction of sp³-hybridized carbons (Fsp3) is 0.0435. The van der Waals surface area contributed by atoms with E-state index in [1.54, 1.807) is 0 Å². The molecule has 2 aliphatic heterocycles. The fourth-order valence-electron chi connectivity index (χ4n) is 8.82. The Hall–Kier alpha value is -5.79. The van der Waals surface area contributed by atoms with Gasteiger partial charge in [-0.05, 0) is 57.1 Å². The third-order valence-corrected chi connectivity index (χ3v) is 10.9. The molecule has 0 saturated heterocycles. The number of rotatable bonds is 3. The minimum atomic E-state index is -0.521. The quantitative estimate of drug-likeness (QED) is 0.179. The summed E-state index contributed by atoms with van der Waals surface area (Å²) in [7, 11) is 0. The SMILES string of the molecule is I.c1ccc(C2=NC(c3ccccc3)N=C(c3ccc4c(c3)C3(c5ccccc5-4)c4ccccc4-n4c5ccccc5c5cccc3c54)N2)cc1. The standard InChI is InChI=1S/C46H30N4.HI/c1-3-14-29(15-4-1)43-47-44(30-16-5-2-6-17-30)49-45(48-43)31-26-27-33-32-18-7-9-21-36(32)46(39(33)28-31)37-22-10-12-25-41(37)50-40-24-11-8-19-34(40)35-20-13-23-38(46)42(35)50;/h1-28,43H,(H,47,48,49);1H. The number of fused-ring (bicyclic) bond motifs is 12. The zero-order valence-corrected chi connectivity index (χ0v) is 29.8. The Balaban J connectivity index is 0.00000327. The van der Waals surface area contributed by atoms with Gasteiger partial charge in [-0.3, -0.25) is 0 Å². The van der Waals surface area contributed by atoms with Crippen LogP contribution in [0, 0.1) is 0 Å². The maximum absolute atomic E-state index is 5.27. The molecule has 11 rings (SSSR count). The number of para-hydroxylation sites is 3. The van der Waals surface area contributed by atoms with Crippen LogP contribution in [0.2, 0.25) is 0 Å². The highest BCUT2D eigenvalue weighted by atomic mass is 127. The Kier molecular flexibility index (Phi) is 6.70. The molecular formula is C46H31IN4. The van der Waals surface area contributed by atoms with E-state index in [2.05, 4.69) is 168 Å². The number of nitrogens with one attached hydrogen (secondary N) is 1. The zero-order valence-electron chi connectivity index (χ0n) is 27.5. The van der Waals surface area contributed by atoms with Gasteiger partial charge in [0.05, 0.1) is 22.1 Å². The van der Waals surface area contributed by atoms with Crippen LogP contribution in [-0.2, 0) is 5.41 Å². The fourth-order valence-corrected chi connectivity index (χ4v) is 8.82. The Bertz CT molecular complexity index is 2740. The number of halogens is 1. The summed E-state index contributed by atoms with van der Waals surface area (Å²) in [5, 5.41) is 6.21. The van der Waals surface area contributed by atoms with Gasteiger partial charge in [-0.25, -0.2) is 9.98 Å². The molecule has 7 aromatic carbocycles. The van der Waals surface area contributed by atoms with Crippen LogP contribution in [0.5, 0.6) is 0 Å². The number of hydrogen-bond donors (Lipinski definition) is 1. The predicted octanol–water partition coefficient (Wildman–Crippen LogP) is 10.6. The van der Waals surface area contributed by atoms with Gasteiger partial charge in [0.15, 0.2) is 6.17 Å². The molecule has 0 fully saturated rings. The summed E-state index contributed by atoms with van der Waals surface area (Å²) >= 11 is 0. The van der Waals surface area contributed by atoms with Gasteiger partial charge in [-0.1, -0.05) is 152 Å². The highest BCUT2D eigenvalue weighted by Crippen LogP contribution is 2.61. The van der Waals surface area contributed by atoms with Gasteiger partial charge in [0.2, 0.25) is 0 Å². The number of aromatic nitrogens is 1. The molecule has 1 aliphatic carbocycles. The van der Waals surface area contributed by atoms with Gasteiger partial charge in [0, 0.05) is 21.9 Å². The van der Waals surface area contributed by atoms with E-state index in [0.29, 0.717) is 0 Å². The molecule has 4 nitrogen and oxygen atoms in total. The molecule has 5 heteroatoms. The maximum atomic E-state index is 5.27. The molecule has 3 aliphatic rings. The van der Waals surface area contributed by atoms with Crippen LogP contribution in [0.3, 0.4) is 0 Å². The van der Waals surface area contributed by atoms with Crippen LogP contribution in [0.15, 0.2) is 180 Å². The molecule has 1 aromatic heterocycles. The highest BCUT2D eigenvalue weighted by molar-refractivity contribution is 14.0. The third kappa shape index (κ3) is 4.12. The second-order valence-corrected chi connectivity index (χ2v) is 13.4. The van der Waals surface area contributed by atoms with Gasteiger partial charge >= 0.3 is 0 Å². The van der Waals surface area contributed by atoms with Gasteiger partial charge in [-0.2, -0.15) is 0 Å². The van der Waals surface area contributed by atoms with E-state index >= 15 is 0 Å². The Morgan fingerprint density at radius 2 is 1.12 bits per heavy atom. The van der Waals surface area contributed by atoms with Crippen LogP contribution in [0.4, 0.5) is 0 Å². The van der Waals surface area contributed by atoms with Gasteiger partial charge < -0.3 is 9.88 Å². The van der Waals surface area contributed by atoms with Gasteiger partial charge in [-0.15, -0.1) is 24.0 Å². The summed E-state index contributed by atoms with van der Waals surface area (Å²) in [4.78, 5) is 10.4. The van der Waals surface area contributed by atoms with E-state index < -0.39 is 5.41 Å². The lowest BCUT2D eigenvalue weighted by Crippen LogP contribution is -2.37. The molecular weight excluding hydrogens is 735 g/mol. The monoisotopic (exact) mass is 766 g/mol. The number of benzene rings is 7. The summed E-state index contributed by atoms with van der Waals surface area (Å²) in [6.07, 6.45) is -0.359. The highest BCUT2D eigenvalue weighted by Gasteiger charge is 2.51. The summed E-state index contributed by atoms with van der Waals surface area (Å²) in [6.45, 7) is 0. The van der Waals surface area contributed by atoms with Crippen LogP contribution < -0.4 is 5.32 Å². The van der Waals surface area contributed by atoms with Crippen molar-refractivity contribution in [3.8, 4) is 16.8 Å². The summed E-state index contributed by atoms with van der Waals surface area (Å²) in [5.74, 6) is 1.64. The van der Waals surface area contributed by atoms with E-state index in [0.717, 1.165) is 28.4 Å². The molecule has 0 amide bonds. The Labute approximate surface area is 312 Å². The largest absolute Gasteiger partial charge is 0.324 e. The van der Waals surface area contributed by atoms with Crippen molar-refractivity contribution < 1.29 is 0 Å². The number of hydrogen-bond acceptors (Lipinski definition) is 3. The van der Waals surface area contributed by atoms with Crippen molar-refractivity contribution in [2.45, 2.75) is 11.6 Å². The van der Waals surface area contributed by atoms with E-state index in [9.17, 15) is 0 Å². The lowest BCUT2D eigenvalue weighted by atomic mass is 9.65. The topological polar surface area (TPSA) is 41.7 Å². The van der Waals surface area contributed by atoms with Crippen LogP contribution in [0.25, 0.3) is 38.6 Å². The first-order valence-electron chi connectivity index (χ1n) is 17.2. The average Bonchev–Trinajstić information content (AvgIpc) is 3.69. The van der Waals surface area contributed by atoms with Crippen LogP contribution in [0.1, 0.15) is 45.1 Å². The first-order chi connectivity index (χ1) is 24.8. The number of amidine groups is 2. The molecule has 0 bridgehead atoms. The number of aliphatic imine (C=N–C) groups is 2. The first kappa shape index (κ1) is 30.1. The van der Waals surface area contributed by atoms with E-state index in [1.165, 1.54) is 60.9 Å². The van der Waals surface area contributed by atoms with E-state index in [-0.39, 0.29) is 30.1 Å². The molecule has 0 saturated carbocycles. The Morgan fingerprint density at radius 3 is 1.96 bits per heavy atom. The smallest absolute Gasteiger partial charge is 0.169 e. The maximum Gasteiger partial charge on any atom is 0.169 e. The average molecular weight is 767 g/mol. The van der Waals surface area contributed by atoms with Crippen molar-refractivity contribution in [1.82, 2.24) is 9.88 Å². The van der Waals surface area contributed by atoms with Gasteiger partial charge in [0.25, 0.3) is 0 Å². The normalized spacial score (nSPS) is 17.9.